The van der Waals surface area contributed by atoms with Crippen LogP contribution in [-0.4, -0.2) is 12.4 Å². The molecule has 0 saturated carbocycles. The molecule has 1 aliphatic carbocycles. The summed E-state index contributed by atoms with van der Waals surface area (Å²) in [4.78, 5) is 0. The van der Waals surface area contributed by atoms with Crippen molar-refractivity contribution >= 4 is 5.90 Å². The molecule has 3 nitrogen and oxygen atoms in total. The Balaban J connectivity index is 1.64. The number of nitrogens with one attached hydrogen (secondary N) is 2. The first-order valence-electron chi connectivity index (χ1n) is 8.36. The van der Waals surface area contributed by atoms with Crippen molar-refractivity contribution in [2.45, 2.75) is 39.2 Å². The quantitative estimate of drug-likeness (QED) is 0.638. The Bertz CT molecular complexity index is 686. The van der Waals surface area contributed by atoms with Crippen LogP contribution in [0.5, 0.6) is 0 Å². The van der Waals surface area contributed by atoms with Gasteiger partial charge in [0, 0.05) is 24.2 Å². The molecule has 1 aromatic carbocycles. The zero-order valence-electron chi connectivity index (χ0n) is 13.8. The Kier molecular flexibility index (Phi) is 4.97. The summed E-state index contributed by atoms with van der Waals surface area (Å²) in [6, 6.07) is 2.65. The third kappa shape index (κ3) is 3.66. The molecule has 1 atom stereocenters. The van der Waals surface area contributed by atoms with Crippen LogP contribution in [0.25, 0.3) is 0 Å². The highest BCUT2D eigenvalue weighted by molar-refractivity contribution is 5.86. The van der Waals surface area contributed by atoms with Gasteiger partial charge in [-0.2, -0.15) is 0 Å². The van der Waals surface area contributed by atoms with Crippen LogP contribution >= 0.6 is 0 Å². The van der Waals surface area contributed by atoms with Crippen LogP contribution in [0, 0.1) is 29.9 Å². The Labute approximate surface area is 140 Å². The molecule has 128 valence electrons. The van der Waals surface area contributed by atoms with E-state index in [4.69, 9.17) is 10.1 Å². The van der Waals surface area contributed by atoms with E-state index in [9.17, 15) is 8.78 Å². The van der Waals surface area contributed by atoms with Gasteiger partial charge in [-0.15, -0.1) is 0 Å². The Morgan fingerprint density at radius 2 is 2.21 bits per heavy atom. The van der Waals surface area contributed by atoms with Crippen LogP contribution in [0.3, 0.4) is 0 Å². The second-order valence-electron chi connectivity index (χ2n) is 6.44. The molecular weight excluding hydrogens is 310 g/mol. The van der Waals surface area contributed by atoms with Crippen molar-refractivity contribution in [2.75, 3.05) is 6.54 Å². The molecule has 0 radical (unpaired) electrons. The largest absolute Gasteiger partial charge is 0.473 e. The predicted octanol–water partition coefficient (Wildman–Crippen LogP) is 4.37. The molecule has 0 aromatic heterocycles. The molecule has 1 aliphatic heterocycles. The van der Waals surface area contributed by atoms with Gasteiger partial charge in [-0.1, -0.05) is 12.5 Å². The molecular formula is C19H22F2N2O. The molecule has 2 N–H and O–H groups in total. The van der Waals surface area contributed by atoms with E-state index in [0.29, 0.717) is 11.5 Å². The van der Waals surface area contributed by atoms with Crippen molar-refractivity contribution in [3.05, 3.63) is 58.3 Å². The average Bonchev–Trinajstić information content (AvgIpc) is 2.78. The van der Waals surface area contributed by atoms with Gasteiger partial charge in [-0.25, -0.2) is 8.78 Å². The van der Waals surface area contributed by atoms with Crippen molar-refractivity contribution in [1.82, 2.24) is 5.32 Å². The van der Waals surface area contributed by atoms with Gasteiger partial charge in [0.25, 0.3) is 0 Å². The van der Waals surface area contributed by atoms with Gasteiger partial charge in [-0.3, -0.25) is 5.41 Å². The minimum Gasteiger partial charge on any atom is -0.473 e. The minimum atomic E-state index is -0.887. The minimum absolute atomic E-state index is 0.0192. The topological polar surface area (TPSA) is 45.1 Å². The van der Waals surface area contributed by atoms with E-state index < -0.39 is 11.6 Å². The van der Waals surface area contributed by atoms with Crippen molar-refractivity contribution in [1.29, 1.82) is 5.41 Å². The smallest absolute Gasteiger partial charge is 0.208 e. The molecule has 1 heterocycles. The maximum Gasteiger partial charge on any atom is 0.208 e. The first kappa shape index (κ1) is 16.7. The molecule has 2 aliphatic rings. The van der Waals surface area contributed by atoms with Crippen LogP contribution in [0.2, 0.25) is 0 Å². The van der Waals surface area contributed by atoms with Gasteiger partial charge < -0.3 is 10.1 Å². The fourth-order valence-corrected chi connectivity index (χ4v) is 3.34. The average molecular weight is 332 g/mol. The van der Waals surface area contributed by atoms with E-state index in [-0.39, 0.29) is 18.1 Å². The molecule has 1 saturated heterocycles. The summed E-state index contributed by atoms with van der Waals surface area (Å²) in [5.41, 5.74) is 2.99. The van der Waals surface area contributed by atoms with E-state index in [1.54, 1.807) is 6.08 Å². The molecule has 1 unspecified atom stereocenters. The number of hydrogen-bond acceptors (Lipinski definition) is 3. The van der Waals surface area contributed by atoms with Crippen LogP contribution in [0.15, 0.2) is 35.6 Å². The lowest BCUT2D eigenvalue weighted by Crippen LogP contribution is -2.10. The zero-order chi connectivity index (χ0) is 17.1. The molecule has 0 spiro atoms. The molecule has 3 rings (SSSR count). The van der Waals surface area contributed by atoms with Gasteiger partial charge in [0.2, 0.25) is 5.90 Å². The van der Waals surface area contributed by atoms with E-state index in [0.717, 1.165) is 24.7 Å². The van der Waals surface area contributed by atoms with Crippen molar-refractivity contribution in [3.8, 4) is 0 Å². The Hall–Kier alpha value is -2.17. The fourth-order valence-electron chi connectivity index (χ4n) is 3.34. The SMILES string of the molecule is Cc1cc(COC(=N)/C=C2\NCC3CCCCC=C23)cc(F)c1F. The van der Waals surface area contributed by atoms with Gasteiger partial charge in [0.1, 0.15) is 6.61 Å². The first-order valence-corrected chi connectivity index (χ1v) is 8.36. The summed E-state index contributed by atoms with van der Waals surface area (Å²) < 4.78 is 32.1. The summed E-state index contributed by atoms with van der Waals surface area (Å²) in [6.45, 7) is 2.47. The number of benzene rings is 1. The standard InChI is InChI=1S/C19H22F2N2O/c1-12-7-13(8-16(20)19(12)21)11-24-18(22)9-17-15-6-4-2-3-5-14(15)10-23-17/h6-9,14,22-23H,2-5,10-11H2,1H3/b17-9-,22-18?. The van der Waals surface area contributed by atoms with E-state index in [2.05, 4.69) is 11.4 Å². The Morgan fingerprint density at radius 1 is 1.38 bits per heavy atom. The van der Waals surface area contributed by atoms with E-state index >= 15 is 0 Å². The van der Waals surface area contributed by atoms with Gasteiger partial charge in [0.05, 0.1) is 0 Å². The summed E-state index contributed by atoms with van der Waals surface area (Å²) in [6.07, 6.45) is 8.66. The Morgan fingerprint density at radius 3 is 3.00 bits per heavy atom. The second-order valence-corrected chi connectivity index (χ2v) is 6.44. The number of rotatable bonds is 3. The lowest BCUT2D eigenvalue weighted by molar-refractivity contribution is 0.291. The highest BCUT2D eigenvalue weighted by atomic mass is 19.2. The number of halogens is 2. The molecule has 0 bridgehead atoms. The van der Waals surface area contributed by atoms with Gasteiger partial charge in [-0.05, 0) is 55.0 Å². The number of ether oxygens (including phenoxy) is 1. The third-order valence-corrected chi connectivity index (χ3v) is 4.60. The number of allylic oxidation sites excluding steroid dienone is 2. The van der Waals surface area contributed by atoms with Crippen LogP contribution in [0.1, 0.15) is 36.8 Å². The monoisotopic (exact) mass is 332 g/mol. The maximum atomic E-state index is 13.4. The number of fused-ring (bicyclic) bond motifs is 1. The highest BCUT2D eigenvalue weighted by Gasteiger charge is 2.26. The van der Waals surface area contributed by atoms with Crippen molar-refractivity contribution in [2.24, 2.45) is 5.92 Å². The van der Waals surface area contributed by atoms with E-state index in [1.165, 1.54) is 37.8 Å². The summed E-state index contributed by atoms with van der Waals surface area (Å²) >= 11 is 0. The lowest BCUT2D eigenvalue weighted by Gasteiger charge is -2.09. The molecule has 24 heavy (non-hydrogen) atoms. The molecule has 5 heteroatoms. The summed E-state index contributed by atoms with van der Waals surface area (Å²) in [7, 11) is 0. The van der Waals surface area contributed by atoms with Gasteiger partial charge in [0.15, 0.2) is 11.6 Å². The second kappa shape index (κ2) is 7.16. The number of aryl methyl sites for hydroxylation is 1. The molecule has 1 aromatic rings. The highest BCUT2D eigenvalue weighted by Crippen LogP contribution is 2.32. The fraction of sp³-hybridized carbons (Fsp3) is 0.421. The van der Waals surface area contributed by atoms with E-state index in [1.807, 2.05) is 0 Å². The van der Waals surface area contributed by atoms with Gasteiger partial charge >= 0.3 is 0 Å². The molecule has 0 amide bonds. The normalized spacial score (nSPS) is 21.7. The van der Waals surface area contributed by atoms with Crippen molar-refractivity contribution in [3.63, 3.8) is 0 Å². The lowest BCUT2D eigenvalue weighted by atomic mass is 9.97. The molecule has 1 fully saturated rings. The first-order chi connectivity index (χ1) is 11.5. The van der Waals surface area contributed by atoms with Crippen LogP contribution < -0.4 is 5.32 Å². The zero-order valence-corrected chi connectivity index (χ0v) is 13.8. The third-order valence-electron chi connectivity index (χ3n) is 4.60. The van der Waals surface area contributed by atoms with Crippen LogP contribution in [-0.2, 0) is 11.3 Å². The predicted molar refractivity (Wildman–Crippen MR) is 89.7 cm³/mol. The maximum absolute atomic E-state index is 13.4. The van der Waals surface area contributed by atoms with Crippen molar-refractivity contribution < 1.29 is 13.5 Å². The number of hydrogen-bond donors (Lipinski definition) is 2. The summed E-state index contributed by atoms with van der Waals surface area (Å²) in [5.74, 6) is -1.18. The van der Waals surface area contributed by atoms with Crippen LogP contribution in [0.4, 0.5) is 8.78 Å². The summed E-state index contributed by atoms with van der Waals surface area (Å²) in [5, 5.41) is 11.3.